The molecule has 0 radical (unpaired) electrons. The maximum atomic E-state index is 12.5. The molecule has 6 nitrogen and oxygen atoms in total. The quantitative estimate of drug-likeness (QED) is 0.424. The van der Waals surface area contributed by atoms with Crippen LogP contribution >= 0.6 is 0 Å². The Kier molecular flexibility index (Phi) is 9.48. The molecular weight excluding hydrogens is 312 g/mol. The Morgan fingerprint density at radius 2 is 1.50 bits per heavy atom. The predicted molar refractivity (Wildman–Crippen MR) is 89.2 cm³/mol. The summed E-state index contributed by atoms with van der Waals surface area (Å²) in [6.07, 6.45) is 0.359. The number of esters is 2. The average molecular weight is 342 g/mol. The van der Waals surface area contributed by atoms with Crippen LogP contribution in [-0.4, -0.2) is 36.7 Å². The Hall–Kier alpha value is -1.72. The van der Waals surface area contributed by atoms with Gasteiger partial charge in [-0.1, -0.05) is 20.8 Å². The fourth-order valence-corrected chi connectivity index (χ4v) is 2.74. The first-order valence-corrected chi connectivity index (χ1v) is 8.49. The number of ether oxygens (including phenoxy) is 2. The van der Waals surface area contributed by atoms with Crippen LogP contribution in [0.5, 0.6) is 0 Å². The monoisotopic (exact) mass is 342 g/mol. The van der Waals surface area contributed by atoms with E-state index in [2.05, 4.69) is 0 Å². The van der Waals surface area contributed by atoms with Gasteiger partial charge >= 0.3 is 11.9 Å². The topological polar surface area (TPSA) is 86.7 Å². The summed E-state index contributed by atoms with van der Waals surface area (Å²) in [5.41, 5.74) is -1.69. The summed E-state index contributed by atoms with van der Waals surface area (Å²) in [5.74, 6) is -2.77. The first kappa shape index (κ1) is 22.3. The molecule has 6 heteroatoms. The fraction of sp³-hybridized carbons (Fsp3) is 0.778. The Balaban J connectivity index is 5.60. The van der Waals surface area contributed by atoms with E-state index in [-0.39, 0.29) is 37.8 Å². The van der Waals surface area contributed by atoms with E-state index in [9.17, 15) is 19.2 Å². The molecule has 0 spiro atoms. The SMILES string of the molecule is CCOC(=O)C(C)C(CCC(=O)CC(C)C)(C(C)=O)C(=O)OCC. The van der Waals surface area contributed by atoms with Crippen molar-refractivity contribution in [2.24, 2.45) is 17.3 Å². The first-order chi connectivity index (χ1) is 11.1. The minimum atomic E-state index is -1.69. The van der Waals surface area contributed by atoms with Crippen molar-refractivity contribution < 1.29 is 28.7 Å². The van der Waals surface area contributed by atoms with Gasteiger partial charge in [0.15, 0.2) is 0 Å². The second kappa shape index (κ2) is 10.2. The molecule has 0 aliphatic rings. The van der Waals surface area contributed by atoms with Crippen molar-refractivity contribution in [2.75, 3.05) is 13.2 Å². The lowest BCUT2D eigenvalue weighted by atomic mass is 9.69. The molecule has 0 amide bonds. The molecule has 24 heavy (non-hydrogen) atoms. The number of carbonyl (C=O) groups excluding carboxylic acids is 4. The molecule has 0 N–H and O–H groups in total. The second-order valence-electron chi connectivity index (χ2n) is 6.36. The Bertz CT molecular complexity index is 468. The number of hydrogen-bond acceptors (Lipinski definition) is 6. The van der Waals surface area contributed by atoms with Crippen LogP contribution in [0.4, 0.5) is 0 Å². The highest BCUT2D eigenvalue weighted by Gasteiger charge is 2.52. The van der Waals surface area contributed by atoms with E-state index in [0.717, 1.165) is 0 Å². The normalized spacial score (nSPS) is 14.6. The third kappa shape index (κ3) is 5.73. The molecule has 2 atom stereocenters. The zero-order valence-corrected chi connectivity index (χ0v) is 15.6. The molecule has 0 aliphatic carbocycles. The van der Waals surface area contributed by atoms with Crippen molar-refractivity contribution in [1.29, 1.82) is 0 Å². The van der Waals surface area contributed by atoms with Crippen LogP contribution in [-0.2, 0) is 28.7 Å². The van der Waals surface area contributed by atoms with Crippen LogP contribution < -0.4 is 0 Å². The molecule has 138 valence electrons. The standard InChI is InChI=1S/C18H30O6/c1-7-23-16(21)13(5)18(14(6)19,17(22)24-8-2)10-9-15(20)11-12(3)4/h12-13H,7-11H2,1-6H3. The van der Waals surface area contributed by atoms with Crippen LogP contribution in [0, 0.1) is 17.3 Å². The Morgan fingerprint density at radius 1 is 0.958 bits per heavy atom. The van der Waals surface area contributed by atoms with Gasteiger partial charge in [-0.25, -0.2) is 0 Å². The smallest absolute Gasteiger partial charge is 0.320 e. The molecule has 0 aliphatic heterocycles. The molecular formula is C18H30O6. The van der Waals surface area contributed by atoms with Gasteiger partial charge in [0.05, 0.1) is 19.1 Å². The largest absolute Gasteiger partial charge is 0.466 e. The molecule has 0 fully saturated rings. The van der Waals surface area contributed by atoms with Crippen LogP contribution in [0.1, 0.15) is 60.8 Å². The third-order valence-corrected chi connectivity index (χ3v) is 4.08. The van der Waals surface area contributed by atoms with Crippen molar-refractivity contribution in [3.63, 3.8) is 0 Å². The number of Topliss-reactive ketones (excluding diaryl/α,β-unsaturated/α-hetero) is 2. The third-order valence-electron chi connectivity index (χ3n) is 4.08. The molecule has 0 aromatic rings. The highest BCUT2D eigenvalue weighted by molar-refractivity contribution is 6.06. The zero-order chi connectivity index (χ0) is 18.9. The molecule has 2 unspecified atom stereocenters. The summed E-state index contributed by atoms with van der Waals surface area (Å²) in [6, 6.07) is 0. The highest BCUT2D eigenvalue weighted by atomic mass is 16.5. The number of carbonyl (C=O) groups is 4. The Morgan fingerprint density at radius 3 is 1.92 bits per heavy atom. The van der Waals surface area contributed by atoms with Gasteiger partial charge in [-0.2, -0.15) is 0 Å². The summed E-state index contributed by atoms with van der Waals surface area (Å²) < 4.78 is 10.0. The van der Waals surface area contributed by atoms with Gasteiger partial charge in [-0.15, -0.1) is 0 Å². The zero-order valence-electron chi connectivity index (χ0n) is 15.6. The molecule has 0 aromatic heterocycles. The van der Waals surface area contributed by atoms with Gasteiger partial charge in [0.2, 0.25) is 0 Å². The van der Waals surface area contributed by atoms with Crippen molar-refractivity contribution in [1.82, 2.24) is 0 Å². The fourth-order valence-electron chi connectivity index (χ4n) is 2.74. The van der Waals surface area contributed by atoms with Gasteiger partial charge in [-0.3, -0.25) is 19.2 Å². The van der Waals surface area contributed by atoms with Crippen LogP contribution in [0.15, 0.2) is 0 Å². The summed E-state index contributed by atoms with van der Waals surface area (Å²) in [5, 5.41) is 0. The van der Waals surface area contributed by atoms with Crippen molar-refractivity contribution in [3.05, 3.63) is 0 Å². The lowest BCUT2D eigenvalue weighted by Crippen LogP contribution is -2.48. The van der Waals surface area contributed by atoms with Gasteiger partial charge in [0.1, 0.15) is 17.0 Å². The van der Waals surface area contributed by atoms with Gasteiger partial charge < -0.3 is 9.47 Å². The van der Waals surface area contributed by atoms with E-state index in [0.29, 0.717) is 6.42 Å². The summed E-state index contributed by atoms with van der Waals surface area (Å²) in [4.78, 5) is 49.1. The van der Waals surface area contributed by atoms with Crippen LogP contribution in [0.2, 0.25) is 0 Å². The van der Waals surface area contributed by atoms with Crippen molar-refractivity contribution in [3.8, 4) is 0 Å². The minimum Gasteiger partial charge on any atom is -0.466 e. The molecule has 0 aromatic carbocycles. The maximum Gasteiger partial charge on any atom is 0.320 e. The molecule has 0 rings (SSSR count). The lowest BCUT2D eigenvalue weighted by Gasteiger charge is -2.33. The lowest BCUT2D eigenvalue weighted by molar-refractivity contribution is -0.173. The van der Waals surface area contributed by atoms with Crippen LogP contribution in [0.25, 0.3) is 0 Å². The summed E-state index contributed by atoms with van der Waals surface area (Å²) in [6.45, 7) is 10.1. The highest BCUT2D eigenvalue weighted by Crippen LogP contribution is 2.37. The summed E-state index contributed by atoms with van der Waals surface area (Å²) in [7, 11) is 0. The van der Waals surface area contributed by atoms with Crippen molar-refractivity contribution in [2.45, 2.75) is 60.8 Å². The molecule has 0 saturated carbocycles. The number of ketones is 2. The number of rotatable bonds is 11. The average Bonchev–Trinajstić information content (AvgIpc) is 2.47. The van der Waals surface area contributed by atoms with E-state index >= 15 is 0 Å². The molecule has 0 saturated heterocycles. The maximum absolute atomic E-state index is 12.5. The second-order valence-corrected chi connectivity index (χ2v) is 6.36. The van der Waals surface area contributed by atoms with Crippen molar-refractivity contribution >= 4 is 23.5 Å². The van der Waals surface area contributed by atoms with Crippen LogP contribution in [0.3, 0.4) is 0 Å². The van der Waals surface area contributed by atoms with E-state index in [1.165, 1.54) is 13.8 Å². The van der Waals surface area contributed by atoms with Gasteiger partial charge in [0.25, 0.3) is 0 Å². The minimum absolute atomic E-state index is 0.0420. The molecule has 0 heterocycles. The van der Waals surface area contributed by atoms with E-state index in [1.807, 2.05) is 13.8 Å². The van der Waals surface area contributed by atoms with E-state index < -0.39 is 29.1 Å². The first-order valence-electron chi connectivity index (χ1n) is 8.49. The van der Waals surface area contributed by atoms with E-state index in [1.54, 1.807) is 13.8 Å². The summed E-state index contributed by atoms with van der Waals surface area (Å²) >= 11 is 0. The van der Waals surface area contributed by atoms with E-state index in [4.69, 9.17) is 9.47 Å². The van der Waals surface area contributed by atoms with Gasteiger partial charge in [-0.05, 0) is 33.1 Å². The predicted octanol–water partition coefficient (Wildman–Crippen LogP) is 2.72. The number of hydrogen-bond donors (Lipinski definition) is 0. The van der Waals surface area contributed by atoms with Gasteiger partial charge in [0, 0.05) is 12.8 Å². The molecule has 0 bridgehead atoms. The Labute approximate surface area is 144 Å².